The summed E-state index contributed by atoms with van der Waals surface area (Å²) in [6.07, 6.45) is -5.91. The van der Waals surface area contributed by atoms with E-state index in [1.807, 2.05) is 0 Å². The van der Waals surface area contributed by atoms with E-state index in [-0.39, 0.29) is 46.3 Å². The van der Waals surface area contributed by atoms with Gasteiger partial charge in [0.05, 0.1) is 25.3 Å². The van der Waals surface area contributed by atoms with Crippen molar-refractivity contribution in [2.75, 3.05) is 18.9 Å². The highest BCUT2D eigenvalue weighted by molar-refractivity contribution is 5.97. The Morgan fingerprint density at radius 1 is 1.10 bits per heavy atom. The number of ether oxygens (including phenoxy) is 1. The molecule has 4 aromatic rings. The minimum Gasteiger partial charge on any atom is -0.491 e. The summed E-state index contributed by atoms with van der Waals surface area (Å²) < 4.78 is 67.6. The number of nitrogens with two attached hydrogens (primary N) is 2. The summed E-state index contributed by atoms with van der Waals surface area (Å²) in [5.74, 6) is -2.54. The standard InChI is InChI=1S/C26H23F4N5O5/c1-2-39-22-15(11-20(31)36)10-19(35-21(22)13-3-6-16(27)7-4-13)25(38,26(28,29)30)12-33-23(37)14-5-8-17-18(9-14)40-24(32)34-17/h3-10,38H,2,11-12H2,1H3,(H2,31,36)(H2,32,34)(H,33,37)/t25-/m0/s1. The molecule has 2 heterocycles. The van der Waals surface area contributed by atoms with Gasteiger partial charge in [-0.2, -0.15) is 18.2 Å². The molecule has 10 nitrogen and oxygen atoms in total. The molecule has 0 saturated carbocycles. The van der Waals surface area contributed by atoms with Crippen LogP contribution in [0.25, 0.3) is 22.4 Å². The number of fused-ring (bicyclic) bond motifs is 1. The lowest BCUT2D eigenvalue weighted by molar-refractivity contribution is -0.265. The quantitative estimate of drug-likeness (QED) is 0.226. The molecule has 0 aliphatic carbocycles. The number of pyridine rings is 1. The van der Waals surface area contributed by atoms with Crippen molar-refractivity contribution in [2.45, 2.75) is 25.1 Å². The van der Waals surface area contributed by atoms with Gasteiger partial charge in [0.25, 0.3) is 11.9 Å². The molecule has 0 aliphatic rings. The number of anilines is 1. The molecule has 0 aliphatic heterocycles. The Balaban J connectivity index is 1.79. The molecule has 14 heteroatoms. The van der Waals surface area contributed by atoms with Crippen LogP contribution in [0.5, 0.6) is 5.75 Å². The minimum absolute atomic E-state index is 0.0434. The van der Waals surface area contributed by atoms with Gasteiger partial charge in [0.2, 0.25) is 11.5 Å². The second-order valence-electron chi connectivity index (χ2n) is 8.70. The number of nitrogens with one attached hydrogen (secondary N) is 1. The van der Waals surface area contributed by atoms with E-state index in [0.717, 1.165) is 18.2 Å². The summed E-state index contributed by atoms with van der Waals surface area (Å²) in [5, 5.41) is 13.1. The van der Waals surface area contributed by atoms with E-state index in [4.69, 9.17) is 20.6 Å². The van der Waals surface area contributed by atoms with E-state index in [1.165, 1.54) is 30.3 Å². The van der Waals surface area contributed by atoms with Crippen LogP contribution in [-0.2, 0) is 16.8 Å². The molecule has 2 aromatic heterocycles. The Morgan fingerprint density at radius 2 is 1.80 bits per heavy atom. The van der Waals surface area contributed by atoms with Crippen molar-refractivity contribution in [3.05, 3.63) is 71.2 Å². The maximum Gasteiger partial charge on any atom is 0.424 e. The third-order valence-corrected chi connectivity index (χ3v) is 5.89. The number of oxazole rings is 1. The van der Waals surface area contributed by atoms with Gasteiger partial charge in [0.1, 0.15) is 22.8 Å². The largest absolute Gasteiger partial charge is 0.491 e. The Labute approximate surface area is 224 Å². The van der Waals surface area contributed by atoms with E-state index in [2.05, 4.69) is 15.3 Å². The third kappa shape index (κ3) is 5.66. The molecule has 210 valence electrons. The number of rotatable bonds is 9. The summed E-state index contributed by atoms with van der Waals surface area (Å²) in [6.45, 7) is 0.288. The summed E-state index contributed by atoms with van der Waals surface area (Å²) >= 11 is 0. The van der Waals surface area contributed by atoms with Crippen molar-refractivity contribution in [3.63, 3.8) is 0 Å². The number of benzene rings is 2. The first kappa shape index (κ1) is 28.3. The number of nitrogen functional groups attached to an aromatic ring is 1. The van der Waals surface area contributed by atoms with E-state index >= 15 is 0 Å². The van der Waals surface area contributed by atoms with Crippen LogP contribution in [0.15, 0.2) is 52.9 Å². The molecule has 0 saturated heterocycles. The summed E-state index contributed by atoms with van der Waals surface area (Å²) in [4.78, 5) is 32.4. The van der Waals surface area contributed by atoms with E-state index in [0.29, 0.717) is 5.52 Å². The van der Waals surface area contributed by atoms with Crippen molar-refractivity contribution in [1.29, 1.82) is 0 Å². The zero-order chi connectivity index (χ0) is 29.2. The van der Waals surface area contributed by atoms with Crippen molar-refractivity contribution in [1.82, 2.24) is 15.3 Å². The van der Waals surface area contributed by atoms with Crippen LogP contribution in [0.1, 0.15) is 28.5 Å². The molecule has 0 fully saturated rings. The van der Waals surface area contributed by atoms with Crippen molar-refractivity contribution >= 4 is 28.9 Å². The zero-order valence-electron chi connectivity index (χ0n) is 20.9. The lowest BCUT2D eigenvalue weighted by atomic mass is 9.93. The lowest BCUT2D eigenvalue weighted by Gasteiger charge is -2.31. The van der Waals surface area contributed by atoms with Gasteiger partial charge in [-0.25, -0.2) is 9.37 Å². The Hall–Kier alpha value is -4.72. The van der Waals surface area contributed by atoms with Gasteiger partial charge in [-0.15, -0.1) is 0 Å². The van der Waals surface area contributed by atoms with Crippen LogP contribution in [0.4, 0.5) is 23.6 Å². The average Bonchev–Trinajstić information content (AvgIpc) is 3.26. The molecule has 1 atom stereocenters. The summed E-state index contributed by atoms with van der Waals surface area (Å²) in [7, 11) is 0. The number of aromatic nitrogens is 2. The lowest BCUT2D eigenvalue weighted by Crippen LogP contribution is -2.51. The topological polar surface area (TPSA) is 167 Å². The number of carbonyl (C=O) groups excluding carboxylic acids is 2. The highest BCUT2D eigenvalue weighted by atomic mass is 19.4. The number of hydrogen-bond acceptors (Lipinski definition) is 8. The van der Waals surface area contributed by atoms with Crippen molar-refractivity contribution in [2.24, 2.45) is 5.73 Å². The molecular formula is C26H23F4N5O5. The Bertz CT molecular complexity index is 1570. The van der Waals surface area contributed by atoms with E-state index in [9.17, 15) is 32.3 Å². The summed E-state index contributed by atoms with van der Waals surface area (Å²) in [5.41, 5.74) is 6.35. The molecule has 0 spiro atoms. The number of halogens is 4. The molecule has 6 N–H and O–H groups in total. The summed E-state index contributed by atoms with van der Waals surface area (Å²) in [6, 6.07) is 9.20. The number of hydrogen-bond donors (Lipinski definition) is 4. The van der Waals surface area contributed by atoms with Crippen LogP contribution in [-0.4, -0.2) is 46.2 Å². The monoisotopic (exact) mass is 561 g/mol. The Kier molecular flexibility index (Phi) is 7.64. The number of aliphatic hydroxyl groups is 1. The van der Waals surface area contributed by atoms with Gasteiger partial charge < -0.3 is 31.0 Å². The van der Waals surface area contributed by atoms with Crippen LogP contribution >= 0.6 is 0 Å². The molecular weight excluding hydrogens is 538 g/mol. The second-order valence-corrected chi connectivity index (χ2v) is 8.70. The van der Waals surface area contributed by atoms with Gasteiger partial charge in [0.15, 0.2) is 5.58 Å². The van der Waals surface area contributed by atoms with Crippen molar-refractivity contribution in [3.8, 4) is 17.0 Å². The Morgan fingerprint density at radius 3 is 2.42 bits per heavy atom. The van der Waals surface area contributed by atoms with Gasteiger partial charge in [-0.1, -0.05) is 0 Å². The van der Waals surface area contributed by atoms with E-state index in [1.54, 1.807) is 6.92 Å². The van der Waals surface area contributed by atoms with Gasteiger partial charge in [-0.3, -0.25) is 9.59 Å². The zero-order valence-corrected chi connectivity index (χ0v) is 20.9. The predicted molar refractivity (Wildman–Crippen MR) is 134 cm³/mol. The number of nitrogens with zero attached hydrogens (tertiary/aromatic N) is 2. The normalized spacial score (nSPS) is 13.2. The van der Waals surface area contributed by atoms with E-state index < -0.39 is 48.1 Å². The highest BCUT2D eigenvalue weighted by Gasteiger charge is 2.56. The molecule has 0 unspecified atom stereocenters. The number of alkyl halides is 3. The van der Waals surface area contributed by atoms with Crippen LogP contribution in [0.2, 0.25) is 0 Å². The molecule has 4 rings (SSSR count). The first-order valence-electron chi connectivity index (χ1n) is 11.8. The minimum atomic E-state index is -5.35. The van der Waals surface area contributed by atoms with Crippen LogP contribution in [0, 0.1) is 5.82 Å². The van der Waals surface area contributed by atoms with Crippen LogP contribution in [0.3, 0.4) is 0 Å². The molecule has 0 radical (unpaired) electrons. The molecule has 2 aromatic carbocycles. The van der Waals surface area contributed by atoms with Gasteiger partial charge in [0, 0.05) is 16.7 Å². The predicted octanol–water partition coefficient (Wildman–Crippen LogP) is 3.22. The first-order chi connectivity index (χ1) is 18.8. The van der Waals surface area contributed by atoms with Crippen molar-refractivity contribution < 1.29 is 41.4 Å². The number of carbonyl (C=O) groups is 2. The maximum absolute atomic E-state index is 14.4. The SMILES string of the molecule is CCOc1c(CC(N)=O)cc([C@@](O)(CNC(=O)c2ccc3nc(N)oc3c2)C(F)(F)F)nc1-c1ccc(F)cc1. The van der Waals surface area contributed by atoms with Crippen LogP contribution < -0.4 is 21.5 Å². The average molecular weight is 561 g/mol. The number of primary amides is 1. The fourth-order valence-electron chi connectivity index (χ4n) is 3.96. The molecule has 40 heavy (non-hydrogen) atoms. The maximum atomic E-state index is 14.4. The molecule has 0 bridgehead atoms. The second kappa shape index (κ2) is 10.8. The van der Waals surface area contributed by atoms with Gasteiger partial charge in [-0.05, 0) is 55.5 Å². The molecule has 2 amide bonds. The fourth-order valence-corrected chi connectivity index (χ4v) is 3.96. The fraction of sp³-hybridized carbons (Fsp3) is 0.231. The number of amides is 2. The first-order valence-corrected chi connectivity index (χ1v) is 11.8. The third-order valence-electron chi connectivity index (χ3n) is 5.89. The highest BCUT2D eigenvalue weighted by Crippen LogP contribution is 2.42. The van der Waals surface area contributed by atoms with Gasteiger partial charge >= 0.3 is 6.18 Å². The smallest absolute Gasteiger partial charge is 0.424 e.